The predicted molar refractivity (Wildman–Crippen MR) is 52.2 cm³/mol. The normalized spacial score (nSPS) is 9.42. The van der Waals surface area contributed by atoms with Crippen molar-refractivity contribution >= 4 is 27.5 Å². The van der Waals surface area contributed by atoms with Crippen LogP contribution in [-0.4, -0.2) is 4.57 Å². The molecule has 0 unspecified atom stereocenters. The van der Waals surface area contributed by atoms with Crippen LogP contribution in [0.15, 0.2) is 21.5 Å². The molecule has 0 spiro atoms. The van der Waals surface area contributed by atoms with Crippen LogP contribution in [0.5, 0.6) is 0 Å². The highest BCUT2D eigenvalue weighted by Gasteiger charge is 2.00. The maximum absolute atomic E-state index is 11.3. The van der Waals surface area contributed by atoms with Gasteiger partial charge in [0.15, 0.2) is 0 Å². The SMILES string of the molecule is C#CCn1cc(Cl)cc(Br)c1=O. The molecular weight excluding hydrogens is 241 g/mol. The minimum atomic E-state index is -0.169. The number of nitrogens with zero attached hydrogens (tertiary/aromatic N) is 1. The highest BCUT2D eigenvalue weighted by molar-refractivity contribution is 9.10. The third kappa shape index (κ3) is 1.90. The van der Waals surface area contributed by atoms with E-state index in [1.165, 1.54) is 16.8 Å². The fourth-order valence-corrected chi connectivity index (χ4v) is 1.61. The van der Waals surface area contributed by atoms with E-state index in [2.05, 4.69) is 21.9 Å². The van der Waals surface area contributed by atoms with Crippen molar-refractivity contribution < 1.29 is 0 Å². The fourth-order valence-electron chi connectivity index (χ4n) is 0.781. The molecule has 0 fully saturated rings. The van der Waals surface area contributed by atoms with E-state index >= 15 is 0 Å². The summed E-state index contributed by atoms with van der Waals surface area (Å²) in [5.74, 6) is 2.36. The predicted octanol–water partition coefficient (Wildman–Crippen LogP) is 1.90. The van der Waals surface area contributed by atoms with E-state index in [1.807, 2.05) is 0 Å². The van der Waals surface area contributed by atoms with Crippen LogP contribution in [0.25, 0.3) is 0 Å². The zero-order chi connectivity index (χ0) is 9.14. The van der Waals surface area contributed by atoms with Crippen LogP contribution in [0.2, 0.25) is 5.02 Å². The average molecular weight is 246 g/mol. The second kappa shape index (κ2) is 3.79. The molecule has 0 saturated carbocycles. The Morgan fingerprint density at radius 1 is 1.75 bits per heavy atom. The molecule has 1 rings (SSSR count). The Labute approximate surface area is 83.3 Å². The lowest BCUT2D eigenvalue weighted by molar-refractivity contribution is 0.791. The summed E-state index contributed by atoms with van der Waals surface area (Å²) >= 11 is 8.78. The topological polar surface area (TPSA) is 22.0 Å². The van der Waals surface area contributed by atoms with Crippen molar-refractivity contribution in [3.05, 3.63) is 32.1 Å². The summed E-state index contributed by atoms with van der Waals surface area (Å²) < 4.78 is 1.79. The van der Waals surface area contributed by atoms with E-state index < -0.39 is 0 Å². The van der Waals surface area contributed by atoms with Crippen molar-refractivity contribution in [2.75, 3.05) is 0 Å². The molecule has 12 heavy (non-hydrogen) atoms. The van der Waals surface area contributed by atoms with E-state index in [0.29, 0.717) is 9.50 Å². The standard InChI is InChI=1S/C8H5BrClNO/c1-2-3-11-5-6(10)4-7(9)8(11)12/h1,4-5H,3H2. The summed E-state index contributed by atoms with van der Waals surface area (Å²) in [5.41, 5.74) is -0.169. The quantitative estimate of drug-likeness (QED) is 0.694. The lowest BCUT2D eigenvalue weighted by Crippen LogP contribution is -2.19. The van der Waals surface area contributed by atoms with Gasteiger partial charge in [-0.2, -0.15) is 0 Å². The molecule has 0 bridgehead atoms. The van der Waals surface area contributed by atoms with Gasteiger partial charge in [-0.1, -0.05) is 17.5 Å². The molecule has 62 valence electrons. The lowest BCUT2D eigenvalue weighted by atomic mass is 10.4. The second-order valence-electron chi connectivity index (χ2n) is 2.14. The maximum Gasteiger partial charge on any atom is 0.265 e. The summed E-state index contributed by atoms with van der Waals surface area (Å²) in [4.78, 5) is 11.3. The van der Waals surface area contributed by atoms with Crippen molar-refractivity contribution in [1.82, 2.24) is 4.57 Å². The second-order valence-corrected chi connectivity index (χ2v) is 3.43. The molecule has 0 radical (unpaired) electrons. The molecule has 0 N–H and O–H groups in total. The van der Waals surface area contributed by atoms with Gasteiger partial charge >= 0.3 is 0 Å². The lowest BCUT2D eigenvalue weighted by Gasteiger charge is -2.01. The molecule has 1 aromatic rings. The van der Waals surface area contributed by atoms with Gasteiger partial charge in [-0.05, 0) is 22.0 Å². The van der Waals surface area contributed by atoms with Gasteiger partial charge in [0.2, 0.25) is 0 Å². The van der Waals surface area contributed by atoms with E-state index in [0.717, 1.165) is 0 Å². The fraction of sp³-hybridized carbons (Fsp3) is 0.125. The van der Waals surface area contributed by atoms with E-state index in [-0.39, 0.29) is 12.1 Å². The largest absolute Gasteiger partial charge is 0.301 e. The summed E-state index contributed by atoms with van der Waals surface area (Å²) in [6.45, 7) is 0.234. The van der Waals surface area contributed by atoms with Gasteiger partial charge in [-0.25, -0.2) is 0 Å². The van der Waals surface area contributed by atoms with Gasteiger partial charge in [0.05, 0.1) is 16.0 Å². The van der Waals surface area contributed by atoms with Gasteiger partial charge in [0.25, 0.3) is 5.56 Å². The number of terminal acetylenes is 1. The Kier molecular flexibility index (Phi) is 2.96. The maximum atomic E-state index is 11.3. The summed E-state index contributed by atoms with van der Waals surface area (Å²) in [5, 5.41) is 0.483. The van der Waals surface area contributed by atoms with Crippen LogP contribution in [-0.2, 0) is 6.54 Å². The number of hydrogen-bond acceptors (Lipinski definition) is 1. The van der Waals surface area contributed by atoms with Crippen LogP contribution >= 0.6 is 27.5 Å². The van der Waals surface area contributed by atoms with Crippen LogP contribution in [0.4, 0.5) is 0 Å². The molecular formula is C8H5BrClNO. The van der Waals surface area contributed by atoms with E-state index in [9.17, 15) is 4.79 Å². The summed E-state index contributed by atoms with van der Waals surface area (Å²) in [6, 6.07) is 1.54. The summed E-state index contributed by atoms with van der Waals surface area (Å²) in [6.07, 6.45) is 6.57. The molecule has 1 heterocycles. The minimum Gasteiger partial charge on any atom is -0.301 e. The molecule has 4 heteroatoms. The zero-order valence-corrected chi connectivity index (χ0v) is 8.39. The van der Waals surface area contributed by atoms with Crippen molar-refractivity contribution in [3.63, 3.8) is 0 Å². The molecule has 0 aliphatic rings. The first-order chi connectivity index (χ1) is 5.65. The van der Waals surface area contributed by atoms with Crippen molar-refractivity contribution in [1.29, 1.82) is 0 Å². The van der Waals surface area contributed by atoms with Gasteiger partial charge < -0.3 is 4.57 Å². The number of halogens is 2. The number of hydrogen-bond donors (Lipinski definition) is 0. The molecule has 0 saturated heterocycles. The van der Waals surface area contributed by atoms with Crippen molar-refractivity contribution in [3.8, 4) is 12.3 Å². The van der Waals surface area contributed by atoms with Crippen LogP contribution in [0.1, 0.15) is 0 Å². The van der Waals surface area contributed by atoms with Gasteiger partial charge in [0.1, 0.15) is 0 Å². The Bertz CT molecular complexity index is 391. The number of aromatic nitrogens is 1. The molecule has 0 atom stereocenters. The van der Waals surface area contributed by atoms with Crippen LogP contribution in [0.3, 0.4) is 0 Å². The Balaban J connectivity index is 3.30. The zero-order valence-electron chi connectivity index (χ0n) is 6.05. The first-order valence-electron chi connectivity index (χ1n) is 3.14. The molecule has 0 amide bonds. The molecule has 2 nitrogen and oxygen atoms in total. The van der Waals surface area contributed by atoms with Gasteiger partial charge in [0, 0.05) is 6.20 Å². The average Bonchev–Trinajstić information content (AvgIpc) is 2.00. The van der Waals surface area contributed by atoms with Gasteiger partial charge in [-0.15, -0.1) is 6.42 Å². The van der Waals surface area contributed by atoms with Crippen molar-refractivity contribution in [2.24, 2.45) is 0 Å². The molecule has 1 aromatic heterocycles. The third-order valence-electron chi connectivity index (χ3n) is 1.27. The smallest absolute Gasteiger partial charge is 0.265 e. The summed E-state index contributed by atoms with van der Waals surface area (Å²) in [7, 11) is 0. The van der Waals surface area contributed by atoms with E-state index in [4.69, 9.17) is 18.0 Å². The molecule has 0 aromatic carbocycles. The van der Waals surface area contributed by atoms with Gasteiger partial charge in [-0.3, -0.25) is 4.79 Å². The Morgan fingerprint density at radius 2 is 2.42 bits per heavy atom. The highest BCUT2D eigenvalue weighted by atomic mass is 79.9. The monoisotopic (exact) mass is 245 g/mol. The number of rotatable bonds is 1. The third-order valence-corrected chi connectivity index (χ3v) is 2.05. The molecule has 0 aliphatic carbocycles. The first kappa shape index (κ1) is 9.37. The highest BCUT2D eigenvalue weighted by Crippen LogP contribution is 2.11. The van der Waals surface area contributed by atoms with Crippen LogP contribution < -0.4 is 5.56 Å². The first-order valence-corrected chi connectivity index (χ1v) is 4.31. The molecule has 0 aliphatic heterocycles. The van der Waals surface area contributed by atoms with Crippen LogP contribution in [0, 0.1) is 12.3 Å². The Morgan fingerprint density at radius 3 is 3.00 bits per heavy atom. The minimum absolute atomic E-state index is 0.169. The Hall–Kier alpha value is -0.720. The van der Waals surface area contributed by atoms with Crippen molar-refractivity contribution in [2.45, 2.75) is 6.54 Å². The number of pyridine rings is 1. The van der Waals surface area contributed by atoms with E-state index in [1.54, 1.807) is 0 Å².